The van der Waals surface area contributed by atoms with Crippen LogP contribution in [-0.2, 0) is 13.3 Å². The van der Waals surface area contributed by atoms with Gasteiger partial charge in [-0.3, -0.25) is 0 Å². The SMILES string of the molecule is FCc1c(Cl)c(Cl)c(CF)c(Cl)c1Cl. The van der Waals surface area contributed by atoms with E-state index in [1.165, 1.54) is 0 Å². The lowest BCUT2D eigenvalue weighted by Crippen LogP contribution is -1.92. The molecule has 1 aromatic carbocycles. The van der Waals surface area contributed by atoms with Gasteiger partial charge in [0.2, 0.25) is 0 Å². The Kier molecular flexibility index (Phi) is 4.26. The summed E-state index contributed by atoms with van der Waals surface area (Å²) in [7, 11) is 0. The average molecular weight is 280 g/mol. The molecule has 0 nitrogen and oxygen atoms in total. The molecule has 0 fully saturated rings. The van der Waals surface area contributed by atoms with Crippen molar-refractivity contribution in [2.45, 2.75) is 13.3 Å². The van der Waals surface area contributed by atoms with Crippen LogP contribution in [0, 0.1) is 0 Å². The van der Waals surface area contributed by atoms with Gasteiger partial charge in [-0.25, -0.2) is 8.78 Å². The lowest BCUT2D eigenvalue weighted by Gasteiger charge is -2.11. The van der Waals surface area contributed by atoms with E-state index in [0.717, 1.165) is 0 Å². The monoisotopic (exact) mass is 278 g/mol. The third-order valence-corrected chi connectivity index (χ3v) is 3.57. The average Bonchev–Trinajstić information content (AvgIpc) is 2.17. The lowest BCUT2D eigenvalue weighted by molar-refractivity contribution is 0.479. The zero-order valence-corrected chi connectivity index (χ0v) is 9.71. The Bertz CT molecular complexity index is 301. The van der Waals surface area contributed by atoms with Gasteiger partial charge in [-0.15, -0.1) is 0 Å². The van der Waals surface area contributed by atoms with Crippen LogP contribution in [0.4, 0.5) is 8.78 Å². The van der Waals surface area contributed by atoms with Crippen molar-refractivity contribution in [3.05, 3.63) is 31.2 Å². The molecule has 0 saturated heterocycles. The van der Waals surface area contributed by atoms with Crippen LogP contribution in [0.2, 0.25) is 20.1 Å². The van der Waals surface area contributed by atoms with Crippen LogP contribution in [-0.4, -0.2) is 0 Å². The molecule has 0 saturated carbocycles. The summed E-state index contributed by atoms with van der Waals surface area (Å²) in [4.78, 5) is 0. The maximum atomic E-state index is 12.5. The summed E-state index contributed by atoms with van der Waals surface area (Å²) < 4.78 is 24.9. The van der Waals surface area contributed by atoms with E-state index in [1.807, 2.05) is 0 Å². The van der Waals surface area contributed by atoms with Crippen molar-refractivity contribution in [1.82, 2.24) is 0 Å². The maximum absolute atomic E-state index is 12.5. The van der Waals surface area contributed by atoms with E-state index in [1.54, 1.807) is 0 Å². The van der Waals surface area contributed by atoms with Gasteiger partial charge in [-0.1, -0.05) is 46.4 Å². The number of hydrogen-bond acceptors (Lipinski definition) is 0. The molecule has 0 radical (unpaired) electrons. The van der Waals surface area contributed by atoms with Crippen molar-refractivity contribution in [2.75, 3.05) is 0 Å². The van der Waals surface area contributed by atoms with Gasteiger partial charge in [0.05, 0.1) is 20.1 Å². The van der Waals surface area contributed by atoms with Crippen molar-refractivity contribution >= 4 is 46.4 Å². The van der Waals surface area contributed by atoms with Crippen LogP contribution >= 0.6 is 46.4 Å². The Morgan fingerprint density at radius 3 is 1.00 bits per heavy atom. The smallest absolute Gasteiger partial charge is 0.117 e. The molecule has 0 aromatic heterocycles. The largest absolute Gasteiger partial charge is 0.246 e. The van der Waals surface area contributed by atoms with E-state index in [2.05, 4.69) is 0 Å². The highest BCUT2D eigenvalue weighted by atomic mass is 35.5. The second-order valence-electron chi connectivity index (χ2n) is 2.48. The van der Waals surface area contributed by atoms with E-state index in [-0.39, 0.29) is 31.2 Å². The first-order valence-corrected chi connectivity index (χ1v) is 5.01. The predicted octanol–water partition coefficient (Wildman–Crippen LogP) is 5.24. The molecule has 0 aliphatic rings. The van der Waals surface area contributed by atoms with Crippen LogP contribution < -0.4 is 0 Å². The van der Waals surface area contributed by atoms with Crippen LogP contribution in [0.15, 0.2) is 0 Å². The molecule has 0 heterocycles. The van der Waals surface area contributed by atoms with Crippen LogP contribution in [0.25, 0.3) is 0 Å². The van der Waals surface area contributed by atoms with Crippen molar-refractivity contribution in [2.24, 2.45) is 0 Å². The van der Waals surface area contributed by atoms with E-state index in [0.29, 0.717) is 0 Å². The van der Waals surface area contributed by atoms with Gasteiger partial charge < -0.3 is 0 Å². The topological polar surface area (TPSA) is 0 Å². The summed E-state index contributed by atoms with van der Waals surface area (Å²) in [5, 5.41) is -0.347. The van der Waals surface area contributed by atoms with Crippen LogP contribution in [0.1, 0.15) is 11.1 Å². The molecule has 0 aliphatic heterocycles. The molecule has 0 unspecified atom stereocenters. The minimum Gasteiger partial charge on any atom is -0.246 e. The van der Waals surface area contributed by atoms with Gasteiger partial charge in [-0.05, 0) is 0 Å². The fourth-order valence-corrected chi connectivity index (χ4v) is 2.09. The normalized spacial score (nSPS) is 10.7. The third-order valence-electron chi connectivity index (χ3n) is 1.71. The van der Waals surface area contributed by atoms with E-state index in [4.69, 9.17) is 46.4 Å². The molecular formula is C8H4Cl4F2. The molecule has 0 bridgehead atoms. The number of benzene rings is 1. The zero-order valence-electron chi connectivity index (χ0n) is 6.68. The van der Waals surface area contributed by atoms with Gasteiger partial charge in [0, 0.05) is 11.1 Å². The number of alkyl halides is 2. The second kappa shape index (κ2) is 4.84. The highest BCUT2D eigenvalue weighted by Gasteiger charge is 2.19. The molecule has 0 atom stereocenters. The first-order valence-electron chi connectivity index (χ1n) is 3.50. The molecule has 1 rings (SSSR count). The first kappa shape index (κ1) is 12.3. The fraction of sp³-hybridized carbons (Fsp3) is 0.250. The molecular weight excluding hydrogens is 276 g/mol. The summed E-state index contributed by atoms with van der Waals surface area (Å²) in [6, 6.07) is 0. The Labute approximate surface area is 99.7 Å². The Hall–Kier alpha value is 0.240. The summed E-state index contributed by atoms with van der Waals surface area (Å²) in [6.45, 7) is -1.80. The van der Waals surface area contributed by atoms with Crippen LogP contribution in [0.5, 0.6) is 0 Å². The quantitative estimate of drug-likeness (QED) is 0.650. The molecule has 0 N–H and O–H groups in total. The zero-order chi connectivity index (χ0) is 10.9. The molecule has 0 spiro atoms. The number of halogens is 6. The Morgan fingerprint density at radius 2 is 0.857 bits per heavy atom. The summed E-state index contributed by atoms with van der Waals surface area (Å²) in [6.07, 6.45) is 0. The fourth-order valence-electron chi connectivity index (χ4n) is 0.957. The van der Waals surface area contributed by atoms with Crippen LogP contribution in [0.3, 0.4) is 0 Å². The van der Waals surface area contributed by atoms with Gasteiger partial charge in [0.15, 0.2) is 0 Å². The maximum Gasteiger partial charge on any atom is 0.117 e. The standard InChI is InChI=1S/C8H4Cl4F2/c9-5-3(1-13)6(10)8(12)4(2-14)7(5)11/h1-2H2. The molecule has 0 aliphatic carbocycles. The molecule has 14 heavy (non-hydrogen) atoms. The minimum atomic E-state index is -0.899. The first-order chi connectivity index (χ1) is 6.54. The van der Waals surface area contributed by atoms with Crippen molar-refractivity contribution in [3.63, 3.8) is 0 Å². The second-order valence-corrected chi connectivity index (χ2v) is 3.99. The highest BCUT2D eigenvalue weighted by molar-refractivity contribution is 6.48. The lowest BCUT2D eigenvalue weighted by atomic mass is 10.1. The Morgan fingerprint density at radius 1 is 0.643 bits per heavy atom. The van der Waals surface area contributed by atoms with E-state index >= 15 is 0 Å². The summed E-state index contributed by atoms with van der Waals surface area (Å²) >= 11 is 22.7. The van der Waals surface area contributed by atoms with Gasteiger partial charge in [0.1, 0.15) is 13.3 Å². The van der Waals surface area contributed by atoms with Crippen molar-refractivity contribution < 1.29 is 8.78 Å². The Balaban J connectivity index is 3.55. The van der Waals surface area contributed by atoms with Gasteiger partial charge in [0.25, 0.3) is 0 Å². The summed E-state index contributed by atoms with van der Waals surface area (Å²) in [5.74, 6) is 0. The minimum absolute atomic E-state index is 0.0134. The van der Waals surface area contributed by atoms with E-state index in [9.17, 15) is 8.78 Å². The molecule has 78 valence electrons. The van der Waals surface area contributed by atoms with Crippen molar-refractivity contribution in [1.29, 1.82) is 0 Å². The van der Waals surface area contributed by atoms with Gasteiger partial charge >= 0.3 is 0 Å². The summed E-state index contributed by atoms with van der Waals surface area (Å²) in [5.41, 5.74) is -0.0268. The van der Waals surface area contributed by atoms with Gasteiger partial charge in [-0.2, -0.15) is 0 Å². The van der Waals surface area contributed by atoms with E-state index < -0.39 is 13.3 Å². The molecule has 1 aromatic rings. The number of rotatable bonds is 2. The highest BCUT2D eigenvalue weighted by Crippen LogP contribution is 2.41. The van der Waals surface area contributed by atoms with Crippen molar-refractivity contribution in [3.8, 4) is 0 Å². The predicted molar refractivity (Wildman–Crippen MR) is 56.1 cm³/mol. The number of hydrogen-bond donors (Lipinski definition) is 0. The third kappa shape index (κ3) is 1.94. The molecule has 6 heteroatoms. The molecule has 0 amide bonds.